The largest absolute Gasteiger partial charge is 0.478 e. The Hall–Kier alpha value is -2.24. The van der Waals surface area contributed by atoms with Crippen LogP contribution in [0.25, 0.3) is 0 Å². The van der Waals surface area contributed by atoms with Gasteiger partial charge in [0.1, 0.15) is 42.7 Å². The van der Waals surface area contributed by atoms with Crippen molar-refractivity contribution in [2.45, 2.75) is 61.4 Å². The van der Waals surface area contributed by atoms with Gasteiger partial charge in [0.2, 0.25) is 0 Å². The fraction of sp³-hybridized carbons (Fsp3) is 0.600. The van der Waals surface area contributed by atoms with Crippen molar-refractivity contribution in [3.05, 3.63) is 35.4 Å². The summed E-state index contributed by atoms with van der Waals surface area (Å²) in [6, 6.07) is 4.60. The number of carbonyl (C=O) groups excluding carboxylic acids is 1. The summed E-state index contributed by atoms with van der Waals surface area (Å²) in [5, 5.41) is 78.5. The molecule has 2 saturated heterocycles. The zero-order chi connectivity index (χ0) is 25.2. The van der Waals surface area contributed by atoms with E-state index in [1.54, 1.807) is 0 Å². The fourth-order valence-corrected chi connectivity index (χ4v) is 3.62. The lowest BCUT2D eigenvalue weighted by Crippen LogP contribution is -2.65. The highest BCUT2D eigenvalue weighted by Gasteiger charge is 2.51. The molecule has 2 fully saturated rings. The van der Waals surface area contributed by atoms with E-state index in [1.165, 1.54) is 0 Å². The molecule has 2 aliphatic rings. The predicted molar refractivity (Wildman–Crippen MR) is 105 cm³/mol. The van der Waals surface area contributed by atoms with Crippen LogP contribution >= 0.6 is 0 Å². The summed E-state index contributed by atoms with van der Waals surface area (Å²) in [5.41, 5.74) is -0.204. The molecule has 2 aliphatic heterocycles. The Kier molecular flexibility index (Phi) is 8.53. The van der Waals surface area contributed by atoms with Crippen molar-refractivity contribution in [2.75, 3.05) is 13.2 Å². The van der Waals surface area contributed by atoms with E-state index in [0.717, 1.165) is 24.3 Å². The molecule has 0 aromatic heterocycles. The molecular weight excluding hydrogens is 464 g/mol. The maximum atomic E-state index is 12.6. The van der Waals surface area contributed by atoms with E-state index in [0.29, 0.717) is 0 Å². The second-order valence-corrected chi connectivity index (χ2v) is 7.79. The zero-order valence-electron chi connectivity index (χ0n) is 17.5. The van der Waals surface area contributed by atoms with E-state index in [9.17, 15) is 45.3 Å². The van der Waals surface area contributed by atoms with Crippen LogP contribution in [0.4, 0.5) is 0 Å². The smallest absolute Gasteiger partial charge is 0.338 e. The van der Waals surface area contributed by atoms with E-state index in [2.05, 4.69) is 0 Å². The van der Waals surface area contributed by atoms with Gasteiger partial charge in [-0.25, -0.2) is 9.59 Å². The van der Waals surface area contributed by atoms with Crippen LogP contribution in [-0.4, -0.2) is 127 Å². The van der Waals surface area contributed by atoms with Gasteiger partial charge in [-0.15, -0.1) is 0 Å². The number of rotatable bonds is 7. The second kappa shape index (κ2) is 11.0. The molecule has 3 rings (SSSR count). The summed E-state index contributed by atoms with van der Waals surface area (Å²) in [4.78, 5) is 23.6. The molecular formula is C20H26O14. The van der Waals surface area contributed by atoms with Gasteiger partial charge in [0.05, 0.1) is 24.3 Å². The van der Waals surface area contributed by atoms with Crippen LogP contribution in [0.15, 0.2) is 24.3 Å². The number of carboxylic acids is 1. The Morgan fingerprint density at radius 1 is 0.765 bits per heavy atom. The first-order chi connectivity index (χ1) is 16.1. The van der Waals surface area contributed by atoms with Crippen molar-refractivity contribution >= 4 is 11.9 Å². The van der Waals surface area contributed by atoms with Crippen LogP contribution in [0.1, 0.15) is 20.7 Å². The summed E-state index contributed by atoms with van der Waals surface area (Å²) in [5.74, 6) is -2.27. The Morgan fingerprint density at radius 3 is 1.88 bits per heavy atom. The fourth-order valence-electron chi connectivity index (χ4n) is 3.62. The summed E-state index contributed by atoms with van der Waals surface area (Å²) in [7, 11) is 0. The first-order valence-electron chi connectivity index (χ1n) is 10.2. The highest BCUT2D eigenvalue weighted by Crippen LogP contribution is 2.30. The standard InChI is InChI=1S/C20H26O14/c21-5-9-11(23)12(24)16(33-18(29)8-3-1-7(2-4-8)17(27)28)20(32-9)34-15-10(6-22)31-19(30)14(26)13(15)25/h1-4,9-16,19-26,30H,5-6H2,(H,27,28)/t9-,10-,11+,12+,13-,14-,15-,16-,19-,20+/m1/s1. The minimum Gasteiger partial charge on any atom is -0.478 e. The Labute approximate surface area is 192 Å². The summed E-state index contributed by atoms with van der Waals surface area (Å²) >= 11 is 0. The number of benzene rings is 1. The number of hydrogen-bond donors (Lipinski definition) is 8. The lowest BCUT2D eigenvalue weighted by Gasteiger charge is -2.46. The van der Waals surface area contributed by atoms with Crippen molar-refractivity contribution in [3.8, 4) is 0 Å². The number of aliphatic hydroxyl groups is 7. The molecule has 0 aliphatic carbocycles. The van der Waals surface area contributed by atoms with Crippen molar-refractivity contribution in [2.24, 2.45) is 0 Å². The molecule has 8 N–H and O–H groups in total. The lowest BCUT2D eigenvalue weighted by atomic mass is 9.97. The molecule has 190 valence electrons. The third kappa shape index (κ3) is 5.36. The molecule has 34 heavy (non-hydrogen) atoms. The van der Waals surface area contributed by atoms with Crippen LogP contribution in [0, 0.1) is 0 Å². The maximum absolute atomic E-state index is 12.6. The monoisotopic (exact) mass is 490 g/mol. The topological polar surface area (TPSA) is 233 Å². The number of aliphatic hydroxyl groups excluding tert-OH is 7. The van der Waals surface area contributed by atoms with Crippen LogP contribution in [-0.2, 0) is 18.9 Å². The number of carbonyl (C=O) groups is 2. The Bertz CT molecular complexity index is 844. The molecule has 0 radical (unpaired) electrons. The first-order valence-corrected chi connectivity index (χ1v) is 10.2. The highest BCUT2D eigenvalue weighted by atomic mass is 16.7. The quantitative estimate of drug-likeness (QED) is 0.171. The SMILES string of the molecule is O=C(O)c1ccc(C(=O)O[C@H]2[C@H](O[C@H]3[C@H](O)[C@@H](O)[C@H](O)O[C@@H]3CO)O[C@H](CO)[C@H](O)[C@@H]2O)cc1. The third-order valence-corrected chi connectivity index (χ3v) is 5.57. The predicted octanol–water partition coefficient (Wildman–Crippen LogP) is -3.83. The average molecular weight is 490 g/mol. The van der Waals surface area contributed by atoms with Gasteiger partial charge in [0.15, 0.2) is 18.7 Å². The van der Waals surface area contributed by atoms with Gasteiger partial charge in [0.25, 0.3) is 0 Å². The lowest BCUT2D eigenvalue weighted by molar-refractivity contribution is -0.354. The van der Waals surface area contributed by atoms with E-state index in [-0.39, 0.29) is 11.1 Å². The van der Waals surface area contributed by atoms with Crippen LogP contribution in [0.3, 0.4) is 0 Å². The van der Waals surface area contributed by atoms with Crippen molar-refractivity contribution in [1.29, 1.82) is 0 Å². The molecule has 14 nitrogen and oxygen atoms in total. The van der Waals surface area contributed by atoms with Gasteiger partial charge in [0, 0.05) is 0 Å². The van der Waals surface area contributed by atoms with Crippen molar-refractivity contribution in [3.63, 3.8) is 0 Å². The van der Waals surface area contributed by atoms with Crippen molar-refractivity contribution in [1.82, 2.24) is 0 Å². The third-order valence-electron chi connectivity index (χ3n) is 5.57. The number of aromatic carboxylic acids is 1. The summed E-state index contributed by atoms with van der Waals surface area (Å²) < 4.78 is 21.2. The van der Waals surface area contributed by atoms with Crippen LogP contribution in [0.2, 0.25) is 0 Å². The molecule has 2 heterocycles. The first kappa shape index (κ1) is 26.4. The zero-order valence-corrected chi connectivity index (χ0v) is 17.5. The van der Waals surface area contributed by atoms with Gasteiger partial charge in [-0.05, 0) is 24.3 Å². The van der Waals surface area contributed by atoms with Crippen molar-refractivity contribution < 1.29 is 69.4 Å². The molecule has 1 aromatic rings. The summed E-state index contributed by atoms with van der Waals surface area (Å²) in [6.07, 6.45) is -16.8. The number of hydrogen-bond acceptors (Lipinski definition) is 13. The average Bonchev–Trinajstić information content (AvgIpc) is 2.83. The van der Waals surface area contributed by atoms with E-state index >= 15 is 0 Å². The molecule has 0 saturated carbocycles. The van der Waals surface area contributed by atoms with Gasteiger partial charge < -0.3 is 59.8 Å². The minimum absolute atomic E-state index is 0.0953. The molecule has 1 aromatic carbocycles. The molecule has 0 amide bonds. The number of carboxylic acid groups (broad SMARTS) is 1. The van der Waals surface area contributed by atoms with Gasteiger partial charge in [-0.1, -0.05) is 0 Å². The van der Waals surface area contributed by atoms with Gasteiger partial charge in [-0.2, -0.15) is 0 Å². The Balaban J connectivity index is 1.83. The highest BCUT2D eigenvalue weighted by molar-refractivity contribution is 5.92. The van der Waals surface area contributed by atoms with Gasteiger partial charge in [-0.3, -0.25) is 0 Å². The Morgan fingerprint density at radius 2 is 1.32 bits per heavy atom. The summed E-state index contributed by atoms with van der Waals surface area (Å²) in [6.45, 7) is -1.54. The normalized spacial score (nSPS) is 38.3. The van der Waals surface area contributed by atoms with Gasteiger partial charge >= 0.3 is 11.9 Å². The molecule has 0 unspecified atom stereocenters. The van der Waals surface area contributed by atoms with E-state index in [4.69, 9.17) is 24.1 Å². The molecule has 14 heteroatoms. The minimum atomic E-state index is -1.84. The molecule has 0 bridgehead atoms. The van der Waals surface area contributed by atoms with E-state index in [1.807, 2.05) is 0 Å². The van der Waals surface area contributed by atoms with E-state index < -0.39 is 86.6 Å². The molecule has 0 spiro atoms. The molecule has 10 atom stereocenters. The van der Waals surface area contributed by atoms with Crippen LogP contribution < -0.4 is 0 Å². The van der Waals surface area contributed by atoms with Crippen LogP contribution in [0.5, 0.6) is 0 Å². The number of ether oxygens (including phenoxy) is 4. The maximum Gasteiger partial charge on any atom is 0.338 e. The second-order valence-electron chi connectivity index (χ2n) is 7.79. The number of esters is 1.